The van der Waals surface area contributed by atoms with Gasteiger partial charge in [0, 0.05) is 6.42 Å². The van der Waals surface area contributed by atoms with E-state index in [2.05, 4.69) is 27.7 Å². The summed E-state index contributed by atoms with van der Waals surface area (Å²) in [5.41, 5.74) is 0.480. The van der Waals surface area contributed by atoms with Crippen LogP contribution < -0.4 is 0 Å². The second-order valence-electron chi connectivity index (χ2n) is 12.0. The Labute approximate surface area is 182 Å². The molecular formula is C26H44O4. The van der Waals surface area contributed by atoms with Crippen LogP contribution in [0.4, 0.5) is 0 Å². The first-order valence-electron chi connectivity index (χ1n) is 12.7. The van der Waals surface area contributed by atoms with E-state index in [0.717, 1.165) is 32.1 Å². The van der Waals surface area contributed by atoms with Crippen LogP contribution in [-0.2, 0) is 4.79 Å². The van der Waals surface area contributed by atoms with E-state index in [4.69, 9.17) is 5.11 Å². The summed E-state index contributed by atoms with van der Waals surface area (Å²) in [4.78, 5) is 11.1. The average Bonchev–Trinajstić information content (AvgIpc) is 3.05. The van der Waals surface area contributed by atoms with Crippen LogP contribution in [0.2, 0.25) is 0 Å². The van der Waals surface area contributed by atoms with Gasteiger partial charge in [-0.15, -0.1) is 0 Å². The van der Waals surface area contributed by atoms with Gasteiger partial charge in [-0.1, -0.05) is 34.1 Å². The van der Waals surface area contributed by atoms with E-state index in [9.17, 15) is 15.0 Å². The zero-order chi connectivity index (χ0) is 21.8. The van der Waals surface area contributed by atoms with Gasteiger partial charge in [0.25, 0.3) is 0 Å². The van der Waals surface area contributed by atoms with Gasteiger partial charge in [0.15, 0.2) is 0 Å². The number of aliphatic hydroxyl groups excluding tert-OH is 2. The molecule has 3 N–H and O–H groups in total. The molecule has 4 heteroatoms. The summed E-state index contributed by atoms with van der Waals surface area (Å²) in [6.07, 6.45) is 9.27. The molecule has 0 aromatic heterocycles. The minimum Gasteiger partial charge on any atom is -0.481 e. The van der Waals surface area contributed by atoms with E-state index in [1.54, 1.807) is 0 Å². The topological polar surface area (TPSA) is 77.8 Å². The fraction of sp³-hybridized carbons (Fsp3) is 0.962. The summed E-state index contributed by atoms with van der Waals surface area (Å²) in [5, 5.41) is 31.3. The number of hydrogen-bond donors (Lipinski definition) is 3. The van der Waals surface area contributed by atoms with Crippen molar-refractivity contribution in [3.05, 3.63) is 0 Å². The molecule has 0 aromatic carbocycles. The molecule has 0 radical (unpaired) electrons. The van der Waals surface area contributed by atoms with Crippen LogP contribution in [-0.4, -0.2) is 33.5 Å². The van der Waals surface area contributed by atoms with E-state index < -0.39 is 5.97 Å². The third-order valence-corrected chi connectivity index (χ3v) is 11.0. The fourth-order valence-electron chi connectivity index (χ4n) is 9.48. The van der Waals surface area contributed by atoms with Crippen LogP contribution >= 0.6 is 0 Å². The first kappa shape index (κ1) is 22.6. The van der Waals surface area contributed by atoms with Crippen molar-refractivity contribution in [3.63, 3.8) is 0 Å². The summed E-state index contributed by atoms with van der Waals surface area (Å²) in [6, 6.07) is 0. The standard InChI is InChI=1S/C26H44O4/c1-5-17-21-14-16(27)10-12-26(21,4)20-11-13-25(3)18(15(2)6-9-22(28)29)7-8-19(25)23(20)24(17)30/h15-21,23-24,27,30H,5-14H2,1-4H3,(H,28,29)/t15-,16-,17-,18?,19?,20+,21?,23?,24?,25?,26?/m1/s1. The second-order valence-corrected chi connectivity index (χ2v) is 12.0. The Morgan fingerprint density at radius 3 is 2.33 bits per heavy atom. The van der Waals surface area contributed by atoms with E-state index in [1.165, 1.54) is 25.7 Å². The Balaban J connectivity index is 1.61. The molecule has 4 saturated carbocycles. The van der Waals surface area contributed by atoms with Gasteiger partial charge in [-0.05, 0) is 104 Å². The number of aliphatic hydroxyl groups is 2. The molecule has 30 heavy (non-hydrogen) atoms. The van der Waals surface area contributed by atoms with E-state index in [1.807, 2.05) is 0 Å². The summed E-state index contributed by atoms with van der Waals surface area (Å²) in [6.45, 7) is 9.44. The molecular weight excluding hydrogens is 376 g/mol. The lowest BCUT2D eigenvalue weighted by molar-refractivity contribution is -0.203. The summed E-state index contributed by atoms with van der Waals surface area (Å²) >= 11 is 0. The Kier molecular flexibility index (Phi) is 6.07. The largest absolute Gasteiger partial charge is 0.481 e. The number of hydrogen-bond acceptors (Lipinski definition) is 3. The quantitative estimate of drug-likeness (QED) is 0.577. The summed E-state index contributed by atoms with van der Waals surface area (Å²) < 4.78 is 0. The molecule has 172 valence electrons. The van der Waals surface area contributed by atoms with Crippen LogP contribution in [0.3, 0.4) is 0 Å². The van der Waals surface area contributed by atoms with Crippen molar-refractivity contribution < 1.29 is 20.1 Å². The molecule has 4 rings (SSSR count). The fourth-order valence-corrected chi connectivity index (χ4v) is 9.48. The molecule has 0 aromatic rings. The van der Waals surface area contributed by atoms with Crippen LogP contribution in [0.25, 0.3) is 0 Å². The zero-order valence-corrected chi connectivity index (χ0v) is 19.5. The van der Waals surface area contributed by atoms with Crippen molar-refractivity contribution in [1.82, 2.24) is 0 Å². The molecule has 4 nitrogen and oxygen atoms in total. The van der Waals surface area contributed by atoms with Crippen molar-refractivity contribution in [1.29, 1.82) is 0 Å². The predicted molar refractivity (Wildman–Crippen MR) is 118 cm³/mol. The van der Waals surface area contributed by atoms with Crippen molar-refractivity contribution >= 4 is 5.97 Å². The molecule has 0 bridgehead atoms. The van der Waals surface area contributed by atoms with E-state index >= 15 is 0 Å². The second kappa shape index (κ2) is 8.06. The van der Waals surface area contributed by atoms with Crippen LogP contribution in [0.1, 0.15) is 91.9 Å². The lowest BCUT2D eigenvalue weighted by Crippen LogP contribution is -2.62. The maximum Gasteiger partial charge on any atom is 0.303 e. The van der Waals surface area contributed by atoms with Crippen molar-refractivity contribution in [3.8, 4) is 0 Å². The number of carbonyl (C=O) groups is 1. The number of carboxylic acid groups (broad SMARTS) is 1. The van der Waals surface area contributed by atoms with Crippen molar-refractivity contribution in [2.75, 3.05) is 0 Å². The SMILES string of the molecule is CC[C@H]1C(O)C2C3CCC([C@H](C)CCC(=O)O)C3(C)CC[C@@H]2C2(C)CC[C@@H](O)CC12. The van der Waals surface area contributed by atoms with Crippen LogP contribution in [0.15, 0.2) is 0 Å². The molecule has 0 heterocycles. The van der Waals surface area contributed by atoms with Crippen molar-refractivity contribution in [2.24, 2.45) is 52.3 Å². The summed E-state index contributed by atoms with van der Waals surface area (Å²) in [5.74, 6) is 2.58. The molecule has 0 aliphatic heterocycles. The minimum absolute atomic E-state index is 0.194. The smallest absolute Gasteiger partial charge is 0.303 e. The van der Waals surface area contributed by atoms with Crippen LogP contribution in [0, 0.1) is 52.3 Å². The van der Waals surface area contributed by atoms with E-state index in [0.29, 0.717) is 41.4 Å². The number of aliphatic carboxylic acids is 1. The van der Waals surface area contributed by atoms with Gasteiger partial charge in [-0.2, -0.15) is 0 Å². The number of fused-ring (bicyclic) bond motifs is 5. The Morgan fingerprint density at radius 2 is 1.67 bits per heavy atom. The monoisotopic (exact) mass is 420 g/mol. The molecule has 0 amide bonds. The highest BCUT2D eigenvalue weighted by atomic mass is 16.4. The van der Waals surface area contributed by atoms with Gasteiger partial charge in [0.1, 0.15) is 0 Å². The highest BCUT2D eigenvalue weighted by Crippen LogP contribution is 2.69. The van der Waals surface area contributed by atoms with Gasteiger partial charge in [0.2, 0.25) is 0 Å². The molecule has 4 aliphatic rings. The van der Waals surface area contributed by atoms with Gasteiger partial charge < -0.3 is 15.3 Å². The lowest BCUT2D eigenvalue weighted by atomic mass is 9.41. The Hall–Kier alpha value is -0.610. The van der Waals surface area contributed by atoms with Gasteiger partial charge in [-0.3, -0.25) is 4.79 Å². The number of rotatable bonds is 5. The lowest BCUT2D eigenvalue weighted by Gasteiger charge is -2.64. The maximum absolute atomic E-state index is 11.7. The average molecular weight is 421 g/mol. The predicted octanol–water partition coefficient (Wildman–Crippen LogP) is 5.11. The van der Waals surface area contributed by atoms with Gasteiger partial charge >= 0.3 is 5.97 Å². The third-order valence-electron chi connectivity index (χ3n) is 11.0. The van der Waals surface area contributed by atoms with Crippen molar-refractivity contribution in [2.45, 2.75) is 104 Å². The maximum atomic E-state index is 11.7. The number of carboxylic acids is 1. The highest BCUT2D eigenvalue weighted by molar-refractivity contribution is 5.66. The minimum atomic E-state index is -0.683. The highest BCUT2D eigenvalue weighted by Gasteiger charge is 2.64. The first-order valence-corrected chi connectivity index (χ1v) is 12.7. The third kappa shape index (κ3) is 3.36. The first-order chi connectivity index (χ1) is 14.1. The van der Waals surface area contributed by atoms with E-state index in [-0.39, 0.29) is 29.5 Å². The molecule has 4 fully saturated rings. The van der Waals surface area contributed by atoms with Crippen LogP contribution in [0.5, 0.6) is 0 Å². The molecule has 0 saturated heterocycles. The van der Waals surface area contributed by atoms with Gasteiger partial charge in [-0.25, -0.2) is 0 Å². The summed E-state index contributed by atoms with van der Waals surface area (Å²) in [7, 11) is 0. The Morgan fingerprint density at radius 1 is 1.00 bits per heavy atom. The van der Waals surface area contributed by atoms with Gasteiger partial charge in [0.05, 0.1) is 12.2 Å². The normalized spacial score (nSPS) is 51.5. The molecule has 11 atom stereocenters. The molecule has 0 spiro atoms. The molecule has 4 aliphatic carbocycles. The zero-order valence-electron chi connectivity index (χ0n) is 19.5. The Bertz CT molecular complexity index is 649. The molecule has 7 unspecified atom stereocenters.